The summed E-state index contributed by atoms with van der Waals surface area (Å²) in [7, 11) is 0. The Kier molecular flexibility index (Phi) is 2.99. The first-order valence-corrected chi connectivity index (χ1v) is 6.47. The van der Waals surface area contributed by atoms with E-state index in [1.807, 2.05) is 20.8 Å². The maximum Gasteiger partial charge on any atom is 0.228 e. The number of nitrogens with one attached hydrogen (secondary N) is 1. The smallest absolute Gasteiger partial charge is 0.228 e. The van der Waals surface area contributed by atoms with Crippen LogP contribution in [0, 0.1) is 5.41 Å². The lowest BCUT2D eigenvalue weighted by atomic mass is 9.88. The van der Waals surface area contributed by atoms with Gasteiger partial charge in [0.1, 0.15) is 0 Å². The average molecular weight is 224 g/mol. The summed E-state index contributed by atoms with van der Waals surface area (Å²) in [5, 5.41) is 3.64. The van der Waals surface area contributed by atoms with Crippen LogP contribution in [0.4, 0.5) is 0 Å². The number of hydrogen-bond acceptors (Lipinski definition) is 2. The zero-order valence-electron chi connectivity index (χ0n) is 10.8. The maximum absolute atomic E-state index is 12.2. The Hall–Kier alpha value is -0.570. The highest BCUT2D eigenvalue weighted by molar-refractivity contribution is 5.81. The van der Waals surface area contributed by atoms with Crippen LogP contribution >= 0.6 is 0 Å². The van der Waals surface area contributed by atoms with E-state index in [4.69, 9.17) is 0 Å². The van der Waals surface area contributed by atoms with E-state index in [0.717, 1.165) is 26.1 Å². The molecule has 1 spiro atoms. The molecule has 0 aromatic carbocycles. The highest BCUT2D eigenvalue weighted by Crippen LogP contribution is 2.31. The van der Waals surface area contributed by atoms with Gasteiger partial charge in [-0.1, -0.05) is 27.2 Å². The monoisotopic (exact) mass is 224 g/mol. The summed E-state index contributed by atoms with van der Waals surface area (Å²) in [6, 6.07) is 0. The molecule has 2 saturated heterocycles. The molecule has 1 amide bonds. The molecule has 2 aliphatic rings. The van der Waals surface area contributed by atoms with E-state index < -0.39 is 0 Å². The van der Waals surface area contributed by atoms with Crippen molar-refractivity contribution in [2.24, 2.45) is 5.41 Å². The molecule has 0 aromatic rings. The van der Waals surface area contributed by atoms with Gasteiger partial charge in [0.15, 0.2) is 0 Å². The third-order valence-electron chi connectivity index (χ3n) is 3.86. The standard InChI is InChI=1S/C13H24N2O/c1-12(2,3)11(16)15-9-7-13(10-15)6-4-5-8-14-13/h14H,4-10H2,1-3H3. The van der Waals surface area contributed by atoms with Gasteiger partial charge in [-0.05, 0) is 25.8 Å². The minimum Gasteiger partial charge on any atom is -0.340 e. The molecule has 1 atom stereocenters. The molecule has 0 saturated carbocycles. The summed E-state index contributed by atoms with van der Waals surface area (Å²) in [6.07, 6.45) is 4.97. The zero-order chi connectivity index (χ0) is 11.8. The van der Waals surface area contributed by atoms with Gasteiger partial charge in [0.2, 0.25) is 5.91 Å². The van der Waals surface area contributed by atoms with Crippen LogP contribution in [-0.4, -0.2) is 36.0 Å². The quantitative estimate of drug-likeness (QED) is 0.680. The van der Waals surface area contributed by atoms with Crippen molar-refractivity contribution in [1.82, 2.24) is 10.2 Å². The molecule has 0 bridgehead atoms. The van der Waals surface area contributed by atoms with Crippen LogP contribution in [0.1, 0.15) is 46.5 Å². The van der Waals surface area contributed by atoms with Crippen molar-refractivity contribution in [2.75, 3.05) is 19.6 Å². The first kappa shape index (κ1) is 11.9. The number of hydrogen-bond donors (Lipinski definition) is 1. The predicted octanol–water partition coefficient (Wildman–Crippen LogP) is 1.78. The van der Waals surface area contributed by atoms with Gasteiger partial charge in [-0.3, -0.25) is 4.79 Å². The fourth-order valence-corrected chi connectivity index (χ4v) is 2.90. The fraction of sp³-hybridized carbons (Fsp3) is 0.923. The second-order valence-corrected chi connectivity index (χ2v) is 6.39. The summed E-state index contributed by atoms with van der Waals surface area (Å²) < 4.78 is 0. The molecule has 0 radical (unpaired) electrons. The van der Waals surface area contributed by atoms with Crippen molar-refractivity contribution < 1.29 is 4.79 Å². The van der Waals surface area contributed by atoms with Gasteiger partial charge in [-0.15, -0.1) is 0 Å². The van der Waals surface area contributed by atoms with Crippen LogP contribution in [0.3, 0.4) is 0 Å². The summed E-state index contributed by atoms with van der Waals surface area (Å²) in [4.78, 5) is 14.2. The Balaban J connectivity index is 1.99. The van der Waals surface area contributed by atoms with Crippen LogP contribution in [0.15, 0.2) is 0 Å². The Morgan fingerprint density at radius 2 is 2.00 bits per heavy atom. The first-order chi connectivity index (χ1) is 7.43. The van der Waals surface area contributed by atoms with Gasteiger partial charge in [-0.2, -0.15) is 0 Å². The van der Waals surface area contributed by atoms with E-state index in [9.17, 15) is 4.79 Å². The molecular weight excluding hydrogens is 200 g/mol. The molecule has 16 heavy (non-hydrogen) atoms. The first-order valence-electron chi connectivity index (χ1n) is 6.47. The van der Waals surface area contributed by atoms with E-state index in [-0.39, 0.29) is 11.0 Å². The molecule has 1 unspecified atom stereocenters. The van der Waals surface area contributed by atoms with Gasteiger partial charge in [-0.25, -0.2) is 0 Å². The number of carbonyl (C=O) groups is 1. The van der Waals surface area contributed by atoms with Gasteiger partial charge in [0, 0.05) is 24.0 Å². The highest BCUT2D eigenvalue weighted by Gasteiger charge is 2.42. The van der Waals surface area contributed by atoms with Crippen molar-refractivity contribution in [3.05, 3.63) is 0 Å². The van der Waals surface area contributed by atoms with E-state index in [1.165, 1.54) is 19.3 Å². The molecule has 1 N–H and O–H groups in total. The number of carbonyl (C=O) groups excluding carboxylic acids is 1. The summed E-state index contributed by atoms with van der Waals surface area (Å²) in [5.74, 6) is 0.303. The molecule has 2 fully saturated rings. The van der Waals surface area contributed by atoms with Crippen molar-refractivity contribution in [3.8, 4) is 0 Å². The Bertz CT molecular complexity index is 274. The fourth-order valence-electron chi connectivity index (χ4n) is 2.90. The molecule has 2 aliphatic heterocycles. The van der Waals surface area contributed by atoms with Gasteiger partial charge < -0.3 is 10.2 Å². The predicted molar refractivity (Wildman–Crippen MR) is 65.2 cm³/mol. The third kappa shape index (κ3) is 2.24. The summed E-state index contributed by atoms with van der Waals surface area (Å²) in [6.45, 7) is 9.00. The van der Waals surface area contributed by atoms with Gasteiger partial charge >= 0.3 is 0 Å². The topological polar surface area (TPSA) is 32.3 Å². The van der Waals surface area contributed by atoms with Crippen molar-refractivity contribution in [2.45, 2.75) is 52.0 Å². The molecule has 3 heteroatoms. The molecule has 0 aliphatic carbocycles. The molecule has 0 aromatic heterocycles. The Morgan fingerprint density at radius 3 is 2.56 bits per heavy atom. The second-order valence-electron chi connectivity index (χ2n) is 6.39. The Labute approximate surface area is 98.6 Å². The molecule has 2 heterocycles. The van der Waals surface area contributed by atoms with Crippen molar-refractivity contribution in [1.29, 1.82) is 0 Å². The number of likely N-dealkylation sites (tertiary alicyclic amines) is 1. The maximum atomic E-state index is 12.2. The van der Waals surface area contributed by atoms with Crippen LogP contribution in [-0.2, 0) is 4.79 Å². The number of nitrogens with zero attached hydrogens (tertiary/aromatic N) is 1. The van der Waals surface area contributed by atoms with E-state index >= 15 is 0 Å². The normalized spacial score (nSPS) is 31.1. The minimum absolute atomic E-state index is 0.236. The van der Waals surface area contributed by atoms with Gasteiger partial charge in [0.25, 0.3) is 0 Å². The van der Waals surface area contributed by atoms with Crippen LogP contribution in [0.2, 0.25) is 0 Å². The molecule has 3 nitrogen and oxygen atoms in total. The molecular formula is C13H24N2O. The Morgan fingerprint density at radius 1 is 1.25 bits per heavy atom. The molecule has 2 rings (SSSR count). The average Bonchev–Trinajstić information content (AvgIpc) is 2.61. The second kappa shape index (κ2) is 4.02. The largest absolute Gasteiger partial charge is 0.340 e. The third-order valence-corrected chi connectivity index (χ3v) is 3.86. The number of rotatable bonds is 0. The summed E-state index contributed by atoms with van der Waals surface area (Å²) >= 11 is 0. The highest BCUT2D eigenvalue weighted by atomic mass is 16.2. The number of amides is 1. The van der Waals surface area contributed by atoms with Gasteiger partial charge in [0.05, 0.1) is 0 Å². The minimum atomic E-state index is -0.236. The molecule has 92 valence electrons. The van der Waals surface area contributed by atoms with Crippen LogP contribution in [0.25, 0.3) is 0 Å². The van der Waals surface area contributed by atoms with Crippen molar-refractivity contribution in [3.63, 3.8) is 0 Å². The lowest BCUT2D eigenvalue weighted by Gasteiger charge is -2.35. The number of piperidine rings is 1. The lowest BCUT2D eigenvalue weighted by molar-refractivity contribution is -0.138. The van der Waals surface area contributed by atoms with Crippen LogP contribution < -0.4 is 5.32 Å². The summed E-state index contributed by atoms with van der Waals surface area (Å²) in [5.41, 5.74) is 0.0133. The van der Waals surface area contributed by atoms with Crippen LogP contribution in [0.5, 0.6) is 0 Å². The lowest BCUT2D eigenvalue weighted by Crippen LogP contribution is -2.51. The zero-order valence-corrected chi connectivity index (χ0v) is 10.8. The van der Waals surface area contributed by atoms with Crippen molar-refractivity contribution >= 4 is 5.91 Å². The van der Waals surface area contributed by atoms with E-state index in [1.54, 1.807) is 0 Å². The van der Waals surface area contributed by atoms with E-state index in [2.05, 4.69) is 10.2 Å². The SMILES string of the molecule is CC(C)(C)C(=O)N1CCC2(CCCCN2)C1. The van der Waals surface area contributed by atoms with E-state index in [0.29, 0.717) is 5.91 Å².